The Kier molecular flexibility index (Phi) is 6.92. The predicted octanol–water partition coefficient (Wildman–Crippen LogP) is 17.2. The Labute approximate surface area is 350 Å². The van der Waals surface area contributed by atoms with Crippen molar-refractivity contribution in [1.82, 2.24) is 0 Å². The van der Waals surface area contributed by atoms with Gasteiger partial charge in [0.1, 0.15) is 0 Å². The minimum absolute atomic E-state index is 0.135. The zero-order valence-electron chi connectivity index (χ0n) is 32.6. The molecule has 0 saturated carbocycles. The highest BCUT2D eigenvalue weighted by Crippen LogP contribution is 2.53. The second-order valence-electron chi connectivity index (χ2n) is 16.8. The number of hydrogen-bond acceptors (Lipinski definition) is 2. The number of thiophene rings is 2. The van der Waals surface area contributed by atoms with E-state index >= 15 is 0 Å². The molecular weight excluding hydrogens is 749 g/mol. The number of hydrogen-bond donors (Lipinski definition) is 0. The Morgan fingerprint density at radius 3 is 1.56 bits per heavy atom. The van der Waals surface area contributed by atoms with Gasteiger partial charge in [-0.2, -0.15) is 0 Å². The second-order valence-corrected chi connectivity index (χ2v) is 18.9. The van der Waals surface area contributed by atoms with Crippen LogP contribution in [0.4, 0.5) is 0 Å². The van der Waals surface area contributed by atoms with E-state index in [9.17, 15) is 0 Å². The van der Waals surface area contributed by atoms with Crippen molar-refractivity contribution in [1.29, 1.82) is 0 Å². The molecule has 0 spiro atoms. The molecule has 0 N–H and O–H groups in total. The summed E-state index contributed by atoms with van der Waals surface area (Å²) in [6.07, 6.45) is 0. The molecule has 0 aliphatic heterocycles. The number of benzene rings is 10. The summed E-state index contributed by atoms with van der Waals surface area (Å²) in [5.41, 5.74) is 13.0. The van der Waals surface area contributed by atoms with Gasteiger partial charge < -0.3 is 0 Å². The molecule has 2 heterocycles. The van der Waals surface area contributed by atoms with E-state index in [0.29, 0.717) is 0 Å². The fourth-order valence-corrected chi connectivity index (χ4v) is 12.7. The Morgan fingerprint density at radius 2 is 0.864 bits per heavy atom. The maximum atomic E-state index is 2.49. The third-order valence-corrected chi connectivity index (χ3v) is 15.5. The smallest absolute Gasteiger partial charge is 0.0362 e. The molecule has 10 aromatic carbocycles. The lowest BCUT2D eigenvalue weighted by Crippen LogP contribution is -2.15. The van der Waals surface area contributed by atoms with Crippen LogP contribution in [0.3, 0.4) is 0 Å². The Bertz CT molecular complexity index is 3690. The van der Waals surface area contributed by atoms with Gasteiger partial charge in [-0.25, -0.2) is 0 Å². The zero-order chi connectivity index (χ0) is 39.0. The molecular formula is C57H36S2. The van der Waals surface area contributed by atoms with Crippen LogP contribution in [-0.4, -0.2) is 0 Å². The first-order chi connectivity index (χ1) is 29.0. The molecule has 0 fully saturated rings. The van der Waals surface area contributed by atoms with E-state index in [1.54, 1.807) is 0 Å². The highest BCUT2D eigenvalue weighted by atomic mass is 32.1. The monoisotopic (exact) mass is 784 g/mol. The van der Waals surface area contributed by atoms with Gasteiger partial charge >= 0.3 is 0 Å². The maximum Gasteiger partial charge on any atom is 0.0362 e. The van der Waals surface area contributed by atoms with E-state index in [4.69, 9.17) is 0 Å². The lowest BCUT2D eigenvalue weighted by molar-refractivity contribution is 0.660. The van der Waals surface area contributed by atoms with Crippen molar-refractivity contribution in [2.75, 3.05) is 0 Å². The molecule has 0 unspecified atom stereocenters. The average Bonchev–Trinajstić information content (AvgIpc) is 3.90. The van der Waals surface area contributed by atoms with Crippen molar-refractivity contribution in [2.45, 2.75) is 19.3 Å². The minimum atomic E-state index is -0.135. The van der Waals surface area contributed by atoms with Crippen LogP contribution in [0.25, 0.3) is 117 Å². The SMILES string of the molecule is CC1(C)c2ccc(-c3ccc4c(c3)sc3ccc5sc6cc7ccccc7cc6c5c34)cc2-c2ccc(-c3c4ccccc4c(-c4ccccc4)c4ccccc34)cc21. The largest absolute Gasteiger partial charge is 0.135 e. The van der Waals surface area contributed by atoms with Gasteiger partial charge in [-0.05, 0) is 130 Å². The van der Waals surface area contributed by atoms with E-state index < -0.39 is 0 Å². The van der Waals surface area contributed by atoms with Gasteiger partial charge in [-0.3, -0.25) is 0 Å². The minimum Gasteiger partial charge on any atom is -0.135 e. The van der Waals surface area contributed by atoms with Crippen molar-refractivity contribution in [3.8, 4) is 44.5 Å². The summed E-state index contributed by atoms with van der Waals surface area (Å²) in [7, 11) is 0. The standard InChI is InChI=1S/C57H36S2/c1-57(2)47-25-22-36(37-20-24-44-51(32-37)58-49-26-27-50-56(55(44)49)46-29-34-14-6-7-15-35(34)31-52(46)59-50)28-45(47)39-23-21-38(30-48(39)57)54-42-18-10-8-16-40(42)53(33-12-4-3-5-13-33)41-17-9-11-19-43(41)54/h3-32H,1-2H3. The molecule has 1 aliphatic rings. The molecule has 0 nitrogen and oxygen atoms in total. The van der Waals surface area contributed by atoms with Crippen LogP contribution in [0, 0.1) is 0 Å². The van der Waals surface area contributed by atoms with Crippen LogP contribution >= 0.6 is 22.7 Å². The van der Waals surface area contributed by atoms with Gasteiger partial charge in [0, 0.05) is 45.8 Å². The molecule has 0 atom stereocenters. The van der Waals surface area contributed by atoms with E-state index in [1.807, 2.05) is 22.7 Å². The van der Waals surface area contributed by atoms with Crippen molar-refractivity contribution >= 4 is 95.3 Å². The van der Waals surface area contributed by atoms with Gasteiger partial charge in [0.15, 0.2) is 0 Å². The third-order valence-electron chi connectivity index (χ3n) is 13.2. The van der Waals surface area contributed by atoms with Crippen molar-refractivity contribution in [3.63, 3.8) is 0 Å². The number of fused-ring (bicyclic) bond motifs is 13. The highest BCUT2D eigenvalue weighted by Gasteiger charge is 2.36. The molecule has 276 valence electrons. The molecule has 12 aromatic rings. The average molecular weight is 785 g/mol. The molecule has 0 saturated heterocycles. The first-order valence-electron chi connectivity index (χ1n) is 20.5. The molecule has 13 rings (SSSR count). The van der Waals surface area contributed by atoms with Crippen LogP contribution in [0.15, 0.2) is 182 Å². The summed E-state index contributed by atoms with van der Waals surface area (Å²) in [6.45, 7) is 4.80. The molecule has 59 heavy (non-hydrogen) atoms. The molecule has 0 radical (unpaired) electrons. The molecule has 2 heteroatoms. The third kappa shape index (κ3) is 4.76. The molecule has 2 aromatic heterocycles. The lowest BCUT2D eigenvalue weighted by atomic mass is 9.80. The second kappa shape index (κ2) is 12.2. The summed E-state index contributed by atoms with van der Waals surface area (Å²) in [4.78, 5) is 0. The van der Waals surface area contributed by atoms with E-state index in [0.717, 1.165) is 0 Å². The quantitative estimate of drug-likeness (QED) is 0.157. The Hall–Kier alpha value is -6.58. The van der Waals surface area contributed by atoms with E-state index in [-0.39, 0.29) is 5.41 Å². The van der Waals surface area contributed by atoms with E-state index in [1.165, 1.54) is 128 Å². The lowest BCUT2D eigenvalue weighted by Gasteiger charge is -2.23. The fraction of sp³-hybridized carbons (Fsp3) is 0.0526. The number of rotatable bonds is 3. The summed E-state index contributed by atoms with van der Waals surface area (Å²) in [6, 6.07) is 68.6. The zero-order valence-corrected chi connectivity index (χ0v) is 34.3. The van der Waals surface area contributed by atoms with Crippen molar-refractivity contribution in [3.05, 3.63) is 193 Å². The van der Waals surface area contributed by atoms with Gasteiger partial charge in [-0.15, -0.1) is 22.7 Å². The summed E-state index contributed by atoms with van der Waals surface area (Å²) in [5, 5.41) is 13.3. The maximum absolute atomic E-state index is 2.49. The Morgan fingerprint density at radius 1 is 0.322 bits per heavy atom. The van der Waals surface area contributed by atoms with Gasteiger partial charge in [0.05, 0.1) is 0 Å². The first-order valence-corrected chi connectivity index (χ1v) is 22.1. The van der Waals surface area contributed by atoms with Crippen molar-refractivity contribution < 1.29 is 0 Å². The van der Waals surface area contributed by atoms with E-state index in [2.05, 4.69) is 196 Å². The summed E-state index contributed by atoms with van der Waals surface area (Å²) < 4.78 is 5.42. The molecule has 0 amide bonds. The van der Waals surface area contributed by atoms with Crippen molar-refractivity contribution in [2.24, 2.45) is 0 Å². The van der Waals surface area contributed by atoms with Crippen LogP contribution in [0.1, 0.15) is 25.0 Å². The van der Waals surface area contributed by atoms with Gasteiger partial charge in [0.2, 0.25) is 0 Å². The fourth-order valence-electron chi connectivity index (χ4n) is 10.4. The van der Waals surface area contributed by atoms with Gasteiger partial charge in [0.25, 0.3) is 0 Å². The van der Waals surface area contributed by atoms with Crippen LogP contribution < -0.4 is 0 Å². The summed E-state index contributed by atoms with van der Waals surface area (Å²) in [5.74, 6) is 0. The van der Waals surface area contributed by atoms with Crippen LogP contribution in [-0.2, 0) is 5.41 Å². The van der Waals surface area contributed by atoms with Crippen LogP contribution in [0.2, 0.25) is 0 Å². The Balaban J connectivity index is 0.943. The first kappa shape index (κ1) is 33.4. The van der Waals surface area contributed by atoms with Gasteiger partial charge in [-0.1, -0.05) is 153 Å². The topological polar surface area (TPSA) is 0 Å². The highest BCUT2D eigenvalue weighted by molar-refractivity contribution is 7.28. The molecule has 1 aliphatic carbocycles. The van der Waals surface area contributed by atoms with Crippen LogP contribution in [0.5, 0.6) is 0 Å². The normalized spacial score (nSPS) is 13.4. The predicted molar refractivity (Wildman–Crippen MR) is 259 cm³/mol. The molecule has 0 bridgehead atoms. The summed E-state index contributed by atoms with van der Waals surface area (Å²) >= 11 is 3.83.